The number of aryl methyl sites for hydroxylation is 1. The predicted octanol–water partition coefficient (Wildman–Crippen LogP) is 4.42. The molecule has 0 aliphatic rings. The first-order chi connectivity index (χ1) is 16.2. The van der Waals surface area contributed by atoms with Gasteiger partial charge in [-0.1, -0.05) is 24.3 Å². The predicted molar refractivity (Wildman–Crippen MR) is 136 cm³/mol. The summed E-state index contributed by atoms with van der Waals surface area (Å²) in [6.45, 7) is 5.11. The van der Waals surface area contributed by atoms with E-state index in [1.165, 1.54) is 0 Å². The van der Waals surface area contributed by atoms with Gasteiger partial charge in [-0.2, -0.15) is 0 Å². The number of hydrogen-bond acceptors (Lipinski definition) is 8. The molecule has 2 aromatic heterocycles. The molecule has 2 heterocycles. The highest BCUT2D eigenvalue weighted by Gasteiger charge is 2.20. The first kappa shape index (κ1) is 23.2. The molecule has 4 aromatic rings. The third-order valence-electron chi connectivity index (χ3n) is 5.35. The van der Waals surface area contributed by atoms with E-state index in [-0.39, 0.29) is 15.1 Å². The molecule has 0 fully saturated rings. The Balaban J connectivity index is 0.00000228. The van der Waals surface area contributed by atoms with Crippen LogP contribution in [0.15, 0.2) is 69.0 Å². The van der Waals surface area contributed by atoms with Gasteiger partial charge in [0.25, 0.3) is 5.89 Å². The molecule has 0 atom stereocenters. The number of benzene rings is 2. The number of aliphatic imine (C=N–C) groups is 1. The number of aromatic nitrogens is 4. The molecule has 0 saturated heterocycles. The van der Waals surface area contributed by atoms with Gasteiger partial charge in [-0.15, -0.1) is 10.2 Å². The summed E-state index contributed by atoms with van der Waals surface area (Å²) in [4.78, 5) is 13.3. The maximum Gasteiger partial charge on any atom is 0.268 e. The van der Waals surface area contributed by atoms with Crippen LogP contribution in [0.1, 0.15) is 29.4 Å². The Labute approximate surface area is 202 Å². The first-order valence-electron chi connectivity index (χ1n) is 10.6. The molecule has 0 radical (unpaired) electrons. The minimum absolute atomic E-state index is 0. The number of nitrogens with zero attached hydrogens (tertiary/aromatic N) is 5. The van der Waals surface area contributed by atoms with Crippen LogP contribution >= 0.6 is 0 Å². The molecule has 180 valence electrons. The molecule has 0 spiro atoms. The van der Waals surface area contributed by atoms with Crippen molar-refractivity contribution >= 4 is 15.7 Å². The Hall–Kier alpha value is -3.92. The quantitative estimate of drug-likeness (QED) is 0.315. The number of nitrogens with two attached hydrogens (primary N) is 1. The molecular formula is C24H30N6O3S. The van der Waals surface area contributed by atoms with Crippen molar-refractivity contribution in [3.63, 3.8) is 0 Å². The molecule has 4 rings (SSSR count). The Bertz CT molecular complexity index is 1470. The highest BCUT2D eigenvalue weighted by atomic mass is 32.2. The summed E-state index contributed by atoms with van der Waals surface area (Å²) < 4.78 is 30.6. The van der Waals surface area contributed by atoms with E-state index in [2.05, 4.69) is 25.2 Å². The van der Waals surface area contributed by atoms with Crippen molar-refractivity contribution in [2.24, 2.45) is 10.7 Å². The molecule has 9 nitrogen and oxygen atoms in total. The van der Waals surface area contributed by atoms with E-state index in [9.17, 15) is 8.42 Å². The Morgan fingerprint density at radius 1 is 1.00 bits per heavy atom. The number of amidine groups is 1. The molecule has 0 aliphatic carbocycles. The number of sulfone groups is 1. The molecule has 0 amide bonds. The van der Waals surface area contributed by atoms with E-state index in [0.29, 0.717) is 28.8 Å². The van der Waals surface area contributed by atoms with Gasteiger partial charge in [0, 0.05) is 28.0 Å². The molecule has 0 saturated carbocycles. The summed E-state index contributed by atoms with van der Waals surface area (Å²) in [6, 6.07) is 13.9. The van der Waals surface area contributed by atoms with Gasteiger partial charge in [-0.25, -0.2) is 13.4 Å². The normalized spacial score (nSPS) is 12.3. The summed E-state index contributed by atoms with van der Waals surface area (Å²) in [5.74, 6) is 1.01. The minimum Gasteiger partial charge on any atom is -0.415 e. The van der Waals surface area contributed by atoms with Crippen LogP contribution in [0.5, 0.6) is 0 Å². The fraction of sp³-hybridized carbons (Fsp3) is 0.208. The Morgan fingerprint density at radius 2 is 1.62 bits per heavy atom. The van der Waals surface area contributed by atoms with Crippen LogP contribution in [0.4, 0.5) is 0 Å². The lowest BCUT2D eigenvalue weighted by atomic mass is 10.1. The van der Waals surface area contributed by atoms with E-state index in [1.807, 2.05) is 24.3 Å². The molecule has 0 aliphatic heterocycles. The maximum absolute atomic E-state index is 12.4. The van der Waals surface area contributed by atoms with E-state index in [0.717, 1.165) is 16.7 Å². The molecule has 2 aromatic carbocycles. The van der Waals surface area contributed by atoms with Crippen LogP contribution in [-0.4, -0.2) is 46.7 Å². The van der Waals surface area contributed by atoms with E-state index < -0.39 is 15.1 Å². The number of hydrogen-bond donors (Lipinski definition) is 1. The van der Waals surface area contributed by atoms with Crippen LogP contribution in [0.25, 0.3) is 34.3 Å². The van der Waals surface area contributed by atoms with Crippen molar-refractivity contribution in [2.75, 3.05) is 7.05 Å². The van der Waals surface area contributed by atoms with Gasteiger partial charge >= 0.3 is 0 Å². The lowest BCUT2D eigenvalue weighted by molar-refractivity contribution is 0.581. The second-order valence-electron chi connectivity index (χ2n) is 7.91. The highest BCUT2D eigenvalue weighted by molar-refractivity contribution is 7.92. The lowest BCUT2D eigenvalue weighted by Gasteiger charge is -2.09. The van der Waals surface area contributed by atoms with Gasteiger partial charge < -0.3 is 10.2 Å². The van der Waals surface area contributed by atoms with Crippen LogP contribution < -0.4 is 5.73 Å². The minimum atomic E-state index is -3.35. The average molecular weight is 483 g/mol. The van der Waals surface area contributed by atoms with Crippen LogP contribution in [0.2, 0.25) is 0 Å². The zero-order chi connectivity index (χ0) is 24.5. The third-order valence-corrected chi connectivity index (χ3v) is 7.52. The summed E-state index contributed by atoms with van der Waals surface area (Å²) in [5.41, 5.74) is 9.73. The van der Waals surface area contributed by atoms with Crippen molar-refractivity contribution in [1.82, 2.24) is 20.2 Å². The smallest absolute Gasteiger partial charge is 0.268 e. The van der Waals surface area contributed by atoms with Gasteiger partial charge in [-0.3, -0.25) is 9.98 Å². The van der Waals surface area contributed by atoms with Gasteiger partial charge in [0.15, 0.2) is 9.84 Å². The van der Waals surface area contributed by atoms with Crippen molar-refractivity contribution in [2.45, 2.75) is 30.9 Å². The summed E-state index contributed by atoms with van der Waals surface area (Å²) in [7, 11) is -1.72. The second-order valence-corrected chi connectivity index (χ2v) is 10.4. The Morgan fingerprint density at radius 3 is 2.24 bits per heavy atom. The van der Waals surface area contributed by atoms with Crippen molar-refractivity contribution in [1.29, 1.82) is 0 Å². The second kappa shape index (κ2) is 9.14. The van der Waals surface area contributed by atoms with Crippen molar-refractivity contribution in [3.05, 3.63) is 66.0 Å². The van der Waals surface area contributed by atoms with Crippen molar-refractivity contribution in [3.8, 4) is 34.3 Å². The topological polar surface area (TPSA) is 137 Å². The SMILES string of the molecule is CN=C(N)c1ccc(-c2nnc(-c3nc(-c4ccc(S(=O)(=O)C(C)C)cc4)cnc3C)o2)cc1.[HH].[HH].[HH]. The molecular weight excluding hydrogens is 452 g/mol. The monoisotopic (exact) mass is 482 g/mol. The zero-order valence-corrected chi connectivity index (χ0v) is 20.0. The lowest BCUT2D eigenvalue weighted by Crippen LogP contribution is -2.13. The third kappa shape index (κ3) is 4.44. The molecule has 0 bridgehead atoms. The van der Waals surface area contributed by atoms with E-state index in [4.69, 9.17) is 10.2 Å². The average Bonchev–Trinajstić information content (AvgIpc) is 3.34. The maximum atomic E-state index is 12.4. The summed E-state index contributed by atoms with van der Waals surface area (Å²) in [5, 5.41) is 7.80. The molecule has 34 heavy (non-hydrogen) atoms. The first-order valence-corrected chi connectivity index (χ1v) is 12.1. The summed E-state index contributed by atoms with van der Waals surface area (Å²) in [6.07, 6.45) is 1.63. The van der Waals surface area contributed by atoms with Crippen LogP contribution in [0, 0.1) is 6.92 Å². The van der Waals surface area contributed by atoms with E-state index in [1.54, 1.807) is 58.3 Å². The largest absolute Gasteiger partial charge is 0.415 e. The molecule has 0 unspecified atom stereocenters. The summed E-state index contributed by atoms with van der Waals surface area (Å²) >= 11 is 0. The van der Waals surface area contributed by atoms with E-state index >= 15 is 0 Å². The molecule has 10 heteroatoms. The standard InChI is InChI=1S/C24H24N6O3S.3H2/c1-14(2)34(31,32)19-11-9-16(10-12-19)20-13-27-15(3)21(28-20)24-30-29-23(33-24)18-7-5-17(6-8-18)22(25)26-4;;;/h5-14H,1-4H3,(H2,25,26);3*1H. The van der Waals surface area contributed by atoms with Crippen LogP contribution in [-0.2, 0) is 9.84 Å². The van der Waals surface area contributed by atoms with Gasteiger partial charge in [0.05, 0.1) is 27.7 Å². The van der Waals surface area contributed by atoms with Crippen molar-refractivity contribution < 1.29 is 17.1 Å². The van der Waals surface area contributed by atoms with Gasteiger partial charge in [-0.05, 0) is 45.0 Å². The fourth-order valence-corrected chi connectivity index (χ4v) is 4.29. The highest BCUT2D eigenvalue weighted by Crippen LogP contribution is 2.27. The zero-order valence-electron chi connectivity index (χ0n) is 19.2. The number of rotatable bonds is 6. The Kier molecular flexibility index (Phi) is 6.25. The van der Waals surface area contributed by atoms with Gasteiger partial charge in [0.2, 0.25) is 5.89 Å². The van der Waals surface area contributed by atoms with Gasteiger partial charge in [0.1, 0.15) is 11.5 Å². The molecule has 2 N–H and O–H groups in total. The fourth-order valence-electron chi connectivity index (χ4n) is 3.23. The van der Waals surface area contributed by atoms with Crippen LogP contribution in [0.3, 0.4) is 0 Å².